The average molecular weight is 348 g/mol. The molecule has 0 saturated carbocycles. The summed E-state index contributed by atoms with van der Waals surface area (Å²) >= 11 is 0. The Bertz CT molecular complexity index is 835. The maximum Gasteiger partial charge on any atom is 0.243 e. The summed E-state index contributed by atoms with van der Waals surface area (Å²) in [5.41, 5.74) is 2.41. The summed E-state index contributed by atoms with van der Waals surface area (Å²) < 4.78 is 33.3. The highest BCUT2D eigenvalue weighted by molar-refractivity contribution is 7.89. The first-order valence-electron chi connectivity index (χ1n) is 8.11. The summed E-state index contributed by atoms with van der Waals surface area (Å²) in [6, 6.07) is 5.12. The molecule has 2 atom stereocenters. The van der Waals surface area contributed by atoms with Crippen LogP contribution in [0.25, 0.3) is 0 Å². The van der Waals surface area contributed by atoms with E-state index >= 15 is 0 Å². The number of H-pyrrole nitrogens is 1. The second kappa shape index (κ2) is 5.94. The number of nitrogens with zero attached hydrogens (tertiary/aromatic N) is 3. The lowest BCUT2D eigenvalue weighted by molar-refractivity contribution is 0.114. The Kier molecular flexibility index (Phi) is 3.90. The van der Waals surface area contributed by atoms with E-state index in [1.807, 2.05) is 12.1 Å². The Hall–Kier alpha value is -1.77. The lowest BCUT2D eigenvalue weighted by Gasteiger charge is -2.22. The Morgan fingerprint density at radius 2 is 2.12 bits per heavy atom. The maximum absolute atomic E-state index is 13.2. The molecule has 128 valence electrons. The minimum atomic E-state index is -3.61. The first-order valence-corrected chi connectivity index (χ1v) is 9.55. The van der Waals surface area contributed by atoms with Crippen molar-refractivity contribution in [2.75, 3.05) is 13.7 Å². The van der Waals surface area contributed by atoms with Crippen molar-refractivity contribution in [2.24, 2.45) is 0 Å². The first-order chi connectivity index (χ1) is 11.6. The Morgan fingerprint density at radius 1 is 1.29 bits per heavy atom. The standard InChI is InChI=1S/C16H20N4O3S/c1-23-13-8-15(16-17-10-18-19-16)20(9-13)24(21,22)14-6-5-11-3-2-4-12(11)7-14/h5-7,10,13,15H,2-4,8-9H2,1H3,(H,17,18,19)/t13-,15+/m1/s1. The molecule has 0 radical (unpaired) electrons. The number of aromatic nitrogens is 3. The van der Waals surface area contributed by atoms with E-state index in [1.54, 1.807) is 13.2 Å². The van der Waals surface area contributed by atoms with Gasteiger partial charge < -0.3 is 4.74 Å². The van der Waals surface area contributed by atoms with E-state index in [9.17, 15) is 8.42 Å². The number of ether oxygens (including phenoxy) is 1. The molecule has 1 saturated heterocycles. The quantitative estimate of drug-likeness (QED) is 0.903. The van der Waals surface area contributed by atoms with Gasteiger partial charge in [0.1, 0.15) is 12.2 Å². The van der Waals surface area contributed by atoms with E-state index in [-0.39, 0.29) is 12.1 Å². The molecule has 8 heteroatoms. The number of aryl methyl sites for hydroxylation is 2. The zero-order chi connectivity index (χ0) is 16.7. The van der Waals surface area contributed by atoms with Gasteiger partial charge in [-0.25, -0.2) is 13.4 Å². The predicted molar refractivity (Wildman–Crippen MR) is 86.9 cm³/mol. The molecule has 0 amide bonds. The fraction of sp³-hybridized carbons (Fsp3) is 0.500. The van der Waals surface area contributed by atoms with Gasteiger partial charge in [0.2, 0.25) is 10.0 Å². The molecule has 4 rings (SSSR count). The van der Waals surface area contributed by atoms with E-state index in [1.165, 1.54) is 16.2 Å². The van der Waals surface area contributed by atoms with Crippen LogP contribution in [0.4, 0.5) is 0 Å². The lowest BCUT2D eigenvalue weighted by atomic mass is 10.1. The number of hydrogen-bond acceptors (Lipinski definition) is 5. The second-order valence-electron chi connectivity index (χ2n) is 6.34. The summed E-state index contributed by atoms with van der Waals surface area (Å²) in [6.07, 6.45) is 4.89. The Labute approximate surface area is 141 Å². The third-order valence-electron chi connectivity index (χ3n) is 4.98. The van der Waals surface area contributed by atoms with Crippen molar-refractivity contribution >= 4 is 10.0 Å². The molecule has 24 heavy (non-hydrogen) atoms. The van der Waals surface area contributed by atoms with Crippen LogP contribution in [0.3, 0.4) is 0 Å². The van der Waals surface area contributed by atoms with Crippen LogP contribution in [0.5, 0.6) is 0 Å². The van der Waals surface area contributed by atoms with Gasteiger partial charge in [0.05, 0.1) is 17.0 Å². The highest BCUT2D eigenvalue weighted by atomic mass is 32.2. The smallest absolute Gasteiger partial charge is 0.243 e. The van der Waals surface area contributed by atoms with Crippen molar-refractivity contribution in [3.05, 3.63) is 41.5 Å². The molecule has 2 aromatic rings. The number of benzene rings is 1. The molecule has 1 fully saturated rings. The summed E-state index contributed by atoms with van der Waals surface area (Å²) in [7, 11) is -2.01. The lowest BCUT2D eigenvalue weighted by Crippen LogP contribution is -2.32. The van der Waals surface area contributed by atoms with Crippen molar-refractivity contribution < 1.29 is 13.2 Å². The zero-order valence-corrected chi connectivity index (χ0v) is 14.3. The Morgan fingerprint density at radius 3 is 2.88 bits per heavy atom. The predicted octanol–water partition coefficient (Wildman–Crippen LogP) is 1.44. The average Bonchev–Trinajstić information content (AvgIpc) is 3.31. The van der Waals surface area contributed by atoms with E-state index < -0.39 is 10.0 Å². The van der Waals surface area contributed by atoms with Crippen LogP contribution in [0.1, 0.15) is 35.8 Å². The largest absolute Gasteiger partial charge is 0.380 e. The van der Waals surface area contributed by atoms with Gasteiger partial charge in [-0.1, -0.05) is 6.07 Å². The molecule has 0 bridgehead atoms. The van der Waals surface area contributed by atoms with Gasteiger partial charge in [-0.2, -0.15) is 9.40 Å². The third-order valence-corrected chi connectivity index (χ3v) is 6.85. The zero-order valence-electron chi connectivity index (χ0n) is 13.5. The topological polar surface area (TPSA) is 88.2 Å². The molecule has 0 unspecified atom stereocenters. The SMILES string of the molecule is CO[C@@H]1C[C@@H](c2ncn[nH]2)N(S(=O)(=O)c2ccc3c(c2)CCC3)C1. The van der Waals surface area contributed by atoms with Crippen molar-refractivity contribution in [3.63, 3.8) is 0 Å². The van der Waals surface area contributed by atoms with Crippen LogP contribution in [-0.2, 0) is 27.6 Å². The number of methoxy groups -OCH3 is 1. The number of rotatable bonds is 4. The van der Waals surface area contributed by atoms with Gasteiger partial charge in [0.25, 0.3) is 0 Å². The van der Waals surface area contributed by atoms with Crippen LogP contribution in [-0.4, -0.2) is 47.7 Å². The molecular formula is C16H20N4O3S. The van der Waals surface area contributed by atoms with Gasteiger partial charge in [0.15, 0.2) is 0 Å². The number of sulfonamides is 1. The molecule has 2 heterocycles. The maximum atomic E-state index is 13.2. The van der Waals surface area contributed by atoms with E-state index in [0.29, 0.717) is 23.7 Å². The number of aromatic amines is 1. The number of fused-ring (bicyclic) bond motifs is 1. The molecular weight excluding hydrogens is 328 g/mol. The van der Waals surface area contributed by atoms with Crippen LogP contribution < -0.4 is 0 Å². The molecule has 1 aliphatic heterocycles. The number of hydrogen-bond donors (Lipinski definition) is 1. The van der Waals surface area contributed by atoms with Crippen LogP contribution in [0.2, 0.25) is 0 Å². The molecule has 2 aliphatic rings. The van der Waals surface area contributed by atoms with E-state index in [2.05, 4.69) is 15.2 Å². The molecule has 1 aromatic carbocycles. The van der Waals surface area contributed by atoms with Crippen molar-refractivity contribution in [3.8, 4) is 0 Å². The normalized spacial score (nSPS) is 24.4. The van der Waals surface area contributed by atoms with Gasteiger partial charge in [-0.3, -0.25) is 5.10 Å². The Balaban J connectivity index is 1.71. The van der Waals surface area contributed by atoms with Gasteiger partial charge in [-0.15, -0.1) is 0 Å². The minimum Gasteiger partial charge on any atom is -0.380 e. The third kappa shape index (κ3) is 2.54. The molecule has 1 aromatic heterocycles. The molecule has 1 N–H and O–H groups in total. The summed E-state index contributed by atoms with van der Waals surface area (Å²) in [4.78, 5) is 4.51. The monoisotopic (exact) mass is 348 g/mol. The fourth-order valence-corrected chi connectivity index (χ4v) is 5.36. The summed E-state index contributed by atoms with van der Waals surface area (Å²) in [5.74, 6) is 0.555. The second-order valence-corrected chi connectivity index (χ2v) is 8.23. The first kappa shape index (κ1) is 15.7. The molecule has 1 aliphatic carbocycles. The highest BCUT2D eigenvalue weighted by Gasteiger charge is 2.42. The van der Waals surface area contributed by atoms with E-state index in [4.69, 9.17) is 4.74 Å². The highest BCUT2D eigenvalue weighted by Crippen LogP contribution is 2.37. The van der Waals surface area contributed by atoms with Crippen molar-refractivity contribution in [1.82, 2.24) is 19.5 Å². The van der Waals surface area contributed by atoms with Crippen LogP contribution in [0, 0.1) is 0 Å². The summed E-state index contributed by atoms with van der Waals surface area (Å²) in [6.45, 7) is 0.321. The summed E-state index contributed by atoms with van der Waals surface area (Å²) in [5, 5.41) is 6.65. The van der Waals surface area contributed by atoms with Crippen molar-refractivity contribution in [1.29, 1.82) is 0 Å². The molecule has 7 nitrogen and oxygen atoms in total. The number of nitrogens with one attached hydrogen (secondary N) is 1. The fourth-order valence-electron chi connectivity index (χ4n) is 3.67. The van der Waals surface area contributed by atoms with Gasteiger partial charge in [0, 0.05) is 13.7 Å². The van der Waals surface area contributed by atoms with Crippen LogP contribution in [0.15, 0.2) is 29.4 Å². The van der Waals surface area contributed by atoms with Gasteiger partial charge in [-0.05, 0) is 48.9 Å². The van der Waals surface area contributed by atoms with Crippen molar-refractivity contribution in [2.45, 2.75) is 42.7 Å². The molecule has 0 spiro atoms. The van der Waals surface area contributed by atoms with E-state index in [0.717, 1.165) is 24.8 Å². The van der Waals surface area contributed by atoms with Crippen LogP contribution >= 0.6 is 0 Å². The van der Waals surface area contributed by atoms with Gasteiger partial charge >= 0.3 is 0 Å². The minimum absolute atomic E-state index is 0.149.